The zero-order chi connectivity index (χ0) is 14.9. The van der Waals surface area contributed by atoms with Crippen LogP contribution in [-0.2, 0) is 6.18 Å². The Balaban J connectivity index is 2.27. The quantitative estimate of drug-likeness (QED) is 0.921. The first kappa shape index (κ1) is 14.1. The van der Waals surface area contributed by atoms with Crippen molar-refractivity contribution in [1.29, 1.82) is 0 Å². The summed E-state index contributed by atoms with van der Waals surface area (Å²) in [5.74, 6) is -0.169. The molecule has 0 aliphatic heterocycles. The molecule has 1 N–H and O–H groups in total. The van der Waals surface area contributed by atoms with Crippen LogP contribution in [0, 0.1) is 0 Å². The van der Waals surface area contributed by atoms with Gasteiger partial charge in [-0.3, -0.25) is 9.89 Å². The van der Waals surface area contributed by atoms with Crippen molar-refractivity contribution in [3.05, 3.63) is 41.6 Å². The fourth-order valence-electron chi connectivity index (χ4n) is 1.67. The number of carbonyl (C=O) groups is 1. The van der Waals surface area contributed by atoms with Gasteiger partial charge < -0.3 is 4.90 Å². The summed E-state index contributed by atoms with van der Waals surface area (Å²) in [6.07, 6.45) is -4.48. The van der Waals surface area contributed by atoms with Crippen molar-refractivity contribution < 1.29 is 18.0 Å². The van der Waals surface area contributed by atoms with Gasteiger partial charge in [0.25, 0.3) is 5.91 Å². The standard InChI is InChI=1S/C13H12F3N3O/c1-19(2)12(20)9-5-3-8(4-6-9)10-7-11(18-17-10)13(14,15)16/h3-7H,1-2H3,(H,17,18). The number of hydrogen-bond donors (Lipinski definition) is 1. The zero-order valence-electron chi connectivity index (χ0n) is 10.8. The second kappa shape index (κ2) is 4.99. The second-order valence-electron chi connectivity index (χ2n) is 4.44. The summed E-state index contributed by atoms with van der Waals surface area (Å²) in [7, 11) is 3.25. The Kier molecular flexibility index (Phi) is 3.52. The number of rotatable bonds is 2. The van der Waals surface area contributed by atoms with E-state index >= 15 is 0 Å². The van der Waals surface area contributed by atoms with Crippen LogP contribution in [-0.4, -0.2) is 35.1 Å². The molecule has 0 spiro atoms. The maximum absolute atomic E-state index is 12.4. The van der Waals surface area contributed by atoms with Crippen LogP contribution >= 0.6 is 0 Å². The van der Waals surface area contributed by atoms with Gasteiger partial charge in [0, 0.05) is 19.7 Å². The highest BCUT2D eigenvalue weighted by Crippen LogP contribution is 2.30. The molecule has 0 radical (unpaired) electrons. The summed E-state index contributed by atoms with van der Waals surface area (Å²) in [5, 5.41) is 5.56. The SMILES string of the molecule is CN(C)C(=O)c1ccc(-c2cc(C(F)(F)F)n[nH]2)cc1. The minimum Gasteiger partial charge on any atom is -0.345 e. The molecule has 1 amide bonds. The molecule has 0 aliphatic rings. The molecule has 4 nitrogen and oxygen atoms in total. The molecule has 0 bridgehead atoms. The molecule has 0 unspecified atom stereocenters. The average Bonchev–Trinajstić information content (AvgIpc) is 2.87. The maximum atomic E-state index is 12.4. The first-order valence-electron chi connectivity index (χ1n) is 5.74. The number of alkyl halides is 3. The van der Waals surface area contributed by atoms with Crippen LogP contribution in [0.2, 0.25) is 0 Å². The van der Waals surface area contributed by atoms with E-state index in [4.69, 9.17) is 0 Å². The van der Waals surface area contributed by atoms with E-state index in [1.165, 1.54) is 4.90 Å². The van der Waals surface area contributed by atoms with E-state index in [1.54, 1.807) is 38.4 Å². The topological polar surface area (TPSA) is 49.0 Å². The van der Waals surface area contributed by atoms with Crippen molar-refractivity contribution in [2.75, 3.05) is 14.1 Å². The Morgan fingerprint density at radius 2 is 1.80 bits per heavy atom. The fraction of sp³-hybridized carbons (Fsp3) is 0.231. The van der Waals surface area contributed by atoms with Gasteiger partial charge in [-0.05, 0) is 23.8 Å². The molecular weight excluding hydrogens is 271 g/mol. The summed E-state index contributed by atoms with van der Waals surface area (Å²) < 4.78 is 37.3. The summed E-state index contributed by atoms with van der Waals surface area (Å²) in [6.45, 7) is 0. The molecule has 0 saturated carbocycles. The van der Waals surface area contributed by atoms with E-state index in [9.17, 15) is 18.0 Å². The van der Waals surface area contributed by atoms with Crippen LogP contribution in [0.25, 0.3) is 11.3 Å². The normalized spacial score (nSPS) is 11.4. The second-order valence-corrected chi connectivity index (χ2v) is 4.44. The van der Waals surface area contributed by atoms with Gasteiger partial charge in [-0.25, -0.2) is 0 Å². The molecule has 1 aromatic carbocycles. The van der Waals surface area contributed by atoms with Gasteiger partial charge in [-0.2, -0.15) is 18.3 Å². The van der Waals surface area contributed by atoms with Gasteiger partial charge >= 0.3 is 6.18 Å². The number of benzene rings is 1. The lowest BCUT2D eigenvalue weighted by Crippen LogP contribution is -2.21. The molecule has 7 heteroatoms. The number of aromatic amines is 1. The van der Waals surface area contributed by atoms with Crippen LogP contribution in [0.15, 0.2) is 30.3 Å². The van der Waals surface area contributed by atoms with E-state index in [2.05, 4.69) is 10.2 Å². The Hall–Kier alpha value is -2.31. The molecule has 1 heterocycles. The van der Waals surface area contributed by atoms with Gasteiger partial charge in [-0.15, -0.1) is 0 Å². The van der Waals surface area contributed by atoms with Crippen LogP contribution in [0.3, 0.4) is 0 Å². The monoisotopic (exact) mass is 283 g/mol. The number of aromatic nitrogens is 2. The van der Waals surface area contributed by atoms with E-state index < -0.39 is 11.9 Å². The number of hydrogen-bond acceptors (Lipinski definition) is 2. The average molecular weight is 283 g/mol. The third-order valence-corrected chi connectivity index (χ3v) is 2.72. The molecule has 106 valence electrons. The summed E-state index contributed by atoms with van der Waals surface area (Å²) in [6, 6.07) is 7.20. The highest BCUT2D eigenvalue weighted by molar-refractivity contribution is 5.94. The first-order chi connectivity index (χ1) is 9.29. The lowest BCUT2D eigenvalue weighted by molar-refractivity contribution is -0.141. The van der Waals surface area contributed by atoms with Crippen LogP contribution < -0.4 is 0 Å². The lowest BCUT2D eigenvalue weighted by Gasteiger charge is -2.10. The third kappa shape index (κ3) is 2.81. The van der Waals surface area contributed by atoms with Gasteiger partial charge in [0.1, 0.15) is 0 Å². The third-order valence-electron chi connectivity index (χ3n) is 2.72. The van der Waals surface area contributed by atoms with Crippen molar-refractivity contribution in [2.24, 2.45) is 0 Å². The molecule has 20 heavy (non-hydrogen) atoms. The van der Waals surface area contributed by atoms with E-state index in [0.29, 0.717) is 11.1 Å². The lowest BCUT2D eigenvalue weighted by atomic mass is 10.1. The molecule has 0 aliphatic carbocycles. The summed E-state index contributed by atoms with van der Waals surface area (Å²) >= 11 is 0. The smallest absolute Gasteiger partial charge is 0.345 e. The molecule has 1 aromatic heterocycles. The zero-order valence-corrected chi connectivity index (χ0v) is 10.8. The predicted octanol–water partition coefficient (Wildman–Crippen LogP) is 2.80. The van der Waals surface area contributed by atoms with E-state index in [-0.39, 0.29) is 11.6 Å². The van der Waals surface area contributed by atoms with Crippen LogP contribution in [0.4, 0.5) is 13.2 Å². The maximum Gasteiger partial charge on any atom is 0.435 e. The van der Waals surface area contributed by atoms with Crippen molar-refractivity contribution in [1.82, 2.24) is 15.1 Å². The van der Waals surface area contributed by atoms with Gasteiger partial charge in [0.05, 0.1) is 5.69 Å². The molecular formula is C13H12F3N3O. The van der Waals surface area contributed by atoms with Gasteiger partial charge in [0.15, 0.2) is 5.69 Å². The molecule has 2 rings (SSSR count). The summed E-state index contributed by atoms with van der Waals surface area (Å²) in [4.78, 5) is 13.1. The van der Waals surface area contributed by atoms with Gasteiger partial charge in [0.2, 0.25) is 0 Å². The van der Waals surface area contributed by atoms with Gasteiger partial charge in [-0.1, -0.05) is 12.1 Å². The Morgan fingerprint density at radius 1 is 1.20 bits per heavy atom. The highest BCUT2D eigenvalue weighted by Gasteiger charge is 2.33. The van der Waals surface area contributed by atoms with Crippen molar-refractivity contribution >= 4 is 5.91 Å². The highest BCUT2D eigenvalue weighted by atomic mass is 19.4. The first-order valence-corrected chi connectivity index (χ1v) is 5.74. The predicted molar refractivity (Wildman–Crippen MR) is 67.0 cm³/mol. The number of H-pyrrole nitrogens is 1. The number of halogens is 3. The number of carbonyl (C=O) groups excluding carboxylic acids is 1. The van der Waals surface area contributed by atoms with E-state index in [0.717, 1.165) is 6.07 Å². The van der Waals surface area contributed by atoms with Crippen LogP contribution in [0.1, 0.15) is 16.1 Å². The largest absolute Gasteiger partial charge is 0.435 e. The molecule has 0 saturated heterocycles. The van der Waals surface area contributed by atoms with Crippen molar-refractivity contribution in [3.8, 4) is 11.3 Å². The van der Waals surface area contributed by atoms with Crippen LogP contribution in [0.5, 0.6) is 0 Å². The molecule has 2 aromatic rings. The summed E-state index contributed by atoms with van der Waals surface area (Å²) in [5.41, 5.74) is 0.278. The van der Waals surface area contributed by atoms with E-state index in [1.807, 2.05) is 0 Å². The number of amides is 1. The van der Waals surface area contributed by atoms with Crippen molar-refractivity contribution in [3.63, 3.8) is 0 Å². The Morgan fingerprint density at radius 3 is 2.25 bits per heavy atom. The number of nitrogens with zero attached hydrogens (tertiary/aromatic N) is 2. The minimum absolute atomic E-state index is 0.169. The Bertz CT molecular complexity index is 615. The molecule has 0 atom stereocenters. The van der Waals surface area contributed by atoms with Crippen molar-refractivity contribution in [2.45, 2.75) is 6.18 Å². The number of nitrogens with one attached hydrogen (secondary N) is 1. The fourth-order valence-corrected chi connectivity index (χ4v) is 1.67. The molecule has 0 fully saturated rings. The minimum atomic E-state index is -4.48. The Labute approximate surface area is 113 Å².